The van der Waals surface area contributed by atoms with E-state index in [-0.39, 0.29) is 11.8 Å². The van der Waals surface area contributed by atoms with Crippen LogP contribution in [0.15, 0.2) is 35.6 Å². The van der Waals surface area contributed by atoms with Gasteiger partial charge in [-0.2, -0.15) is 0 Å². The Morgan fingerprint density at radius 3 is 2.95 bits per heavy atom. The van der Waals surface area contributed by atoms with Crippen LogP contribution in [-0.4, -0.2) is 34.0 Å². The number of carbonyl (C=O) groups excluding carboxylic acids is 1. The van der Waals surface area contributed by atoms with Crippen molar-refractivity contribution in [2.24, 2.45) is 11.7 Å². The molecule has 0 bridgehead atoms. The van der Waals surface area contributed by atoms with E-state index in [1.807, 2.05) is 24.3 Å². The summed E-state index contributed by atoms with van der Waals surface area (Å²) in [5.74, 6) is -1.22. The number of nitrogens with two attached hydrogens (primary N) is 1. The van der Waals surface area contributed by atoms with Crippen molar-refractivity contribution < 1.29 is 14.7 Å². The van der Waals surface area contributed by atoms with Crippen LogP contribution >= 0.6 is 0 Å². The fourth-order valence-electron chi connectivity index (χ4n) is 3.13. The van der Waals surface area contributed by atoms with Gasteiger partial charge in [0.05, 0.1) is 6.04 Å². The van der Waals surface area contributed by atoms with Gasteiger partial charge in [0.1, 0.15) is 6.04 Å². The van der Waals surface area contributed by atoms with Crippen molar-refractivity contribution in [2.45, 2.75) is 31.3 Å². The van der Waals surface area contributed by atoms with Crippen LogP contribution in [0.4, 0.5) is 0 Å². The fourth-order valence-corrected chi connectivity index (χ4v) is 3.13. The number of hydrogen-bond donors (Lipinski definition) is 2. The van der Waals surface area contributed by atoms with E-state index in [2.05, 4.69) is 0 Å². The second kappa shape index (κ2) is 4.35. The topological polar surface area (TPSA) is 83.6 Å². The molecule has 0 aromatic rings. The Morgan fingerprint density at radius 1 is 1.42 bits per heavy atom. The van der Waals surface area contributed by atoms with E-state index in [1.165, 1.54) is 4.90 Å². The summed E-state index contributed by atoms with van der Waals surface area (Å²) in [5.41, 5.74) is 7.75. The van der Waals surface area contributed by atoms with E-state index in [1.54, 1.807) is 0 Å². The first kappa shape index (κ1) is 12.2. The van der Waals surface area contributed by atoms with Crippen LogP contribution in [0.25, 0.3) is 0 Å². The fraction of sp³-hybridized carbons (Fsp3) is 0.429. The van der Waals surface area contributed by atoms with E-state index < -0.39 is 18.1 Å². The van der Waals surface area contributed by atoms with Gasteiger partial charge in [-0.05, 0) is 24.8 Å². The Hall–Kier alpha value is -1.88. The molecule has 1 aliphatic carbocycles. The number of amides is 1. The van der Waals surface area contributed by atoms with Gasteiger partial charge in [0, 0.05) is 11.6 Å². The average molecular weight is 260 g/mol. The largest absolute Gasteiger partial charge is 0.480 e. The molecule has 5 heteroatoms. The third kappa shape index (κ3) is 1.81. The maximum Gasteiger partial charge on any atom is 0.326 e. The molecule has 0 aromatic carbocycles. The van der Waals surface area contributed by atoms with Crippen molar-refractivity contribution in [2.75, 3.05) is 0 Å². The van der Waals surface area contributed by atoms with Gasteiger partial charge in [-0.25, -0.2) is 4.79 Å². The predicted molar refractivity (Wildman–Crippen MR) is 68.9 cm³/mol. The number of rotatable bonds is 1. The van der Waals surface area contributed by atoms with Crippen molar-refractivity contribution in [1.82, 2.24) is 4.90 Å². The maximum absolute atomic E-state index is 12.3. The molecule has 1 saturated heterocycles. The average Bonchev–Trinajstić information content (AvgIpc) is 2.58. The minimum absolute atomic E-state index is 0.000324. The molecule has 3 unspecified atom stereocenters. The molecule has 0 spiro atoms. The van der Waals surface area contributed by atoms with Gasteiger partial charge in [0.2, 0.25) is 5.91 Å². The van der Waals surface area contributed by atoms with Crippen molar-refractivity contribution in [3.8, 4) is 0 Å². The minimum Gasteiger partial charge on any atom is -0.480 e. The number of carboxylic acids is 1. The normalized spacial score (nSPS) is 33.2. The molecule has 0 aromatic heterocycles. The van der Waals surface area contributed by atoms with Crippen LogP contribution in [0, 0.1) is 5.92 Å². The third-order valence-corrected chi connectivity index (χ3v) is 4.04. The molecule has 3 atom stereocenters. The second-order valence-electron chi connectivity index (χ2n) is 5.20. The number of carbonyl (C=O) groups is 2. The number of carboxylic acid groups (broad SMARTS) is 1. The number of hydrogen-bond acceptors (Lipinski definition) is 3. The van der Waals surface area contributed by atoms with Crippen LogP contribution in [0.1, 0.15) is 19.3 Å². The van der Waals surface area contributed by atoms with Crippen LogP contribution in [0.2, 0.25) is 0 Å². The SMILES string of the molecule is NC1CCC2=C3C(C=CC=C2)CC(C(=O)O)N3C1=O. The highest BCUT2D eigenvalue weighted by Crippen LogP contribution is 2.41. The summed E-state index contributed by atoms with van der Waals surface area (Å²) in [6.07, 6.45) is 9.53. The highest BCUT2D eigenvalue weighted by atomic mass is 16.4. The lowest BCUT2D eigenvalue weighted by Gasteiger charge is -2.25. The Balaban J connectivity index is 2.13. The molecule has 1 amide bonds. The molecule has 3 aliphatic rings. The summed E-state index contributed by atoms with van der Waals surface area (Å²) in [6, 6.07) is -1.40. The second-order valence-corrected chi connectivity index (χ2v) is 5.20. The zero-order valence-electron chi connectivity index (χ0n) is 10.5. The molecule has 5 nitrogen and oxygen atoms in total. The highest BCUT2D eigenvalue weighted by molar-refractivity contribution is 5.90. The molecule has 19 heavy (non-hydrogen) atoms. The van der Waals surface area contributed by atoms with Gasteiger partial charge in [0.25, 0.3) is 0 Å². The molecule has 2 aliphatic heterocycles. The lowest BCUT2D eigenvalue weighted by molar-refractivity contribution is -0.147. The highest BCUT2D eigenvalue weighted by Gasteiger charge is 2.46. The molecule has 0 saturated carbocycles. The van der Waals surface area contributed by atoms with Gasteiger partial charge in [-0.1, -0.05) is 24.3 Å². The quantitative estimate of drug-likeness (QED) is 0.730. The van der Waals surface area contributed by atoms with Crippen molar-refractivity contribution in [3.63, 3.8) is 0 Å². The molecule has 1 fully saturated rings. The van der Waals surface area contributed by atoms with Gasteiger partial charge in [0.15, 0.2) is 0 Å². The summed E-state index contributed by atoms with van der Waals surface area (Å²) >= 11 is 0. The van der Waals surface area contributed by atoms with E-state index in [9.17, 15) is 14.7 Å². The summed E-state index contributed by atoms with van der Waals surface area (Å²) in [4.78, 5) is 25.2. The zero-order chi connectivity index (χ0) is 13.6. The minimum atomic E-state index is -0.959. The van der Waals surface area contributed by atoms with Crippen molar-refractivity contribution in [1.29, 1.82) is 0 Å². The Morgan fingerprint density at radius 2 is 2.21 bits per heavy atom. The van der Waals surface area contributed by atoms with E-state index in [0.717, 1.165) is 17.7 Å². The Labute approximate surface area is 111 Å². The van der Waals surface area contributed by atoms with Crippen molar-refractivity contribution in [3.05, 3.63) is 35.6 Å². The smallest absolute Gasteiger partial charge is 0.326 e. The molecule has 100 valence electrons. The summed E-state index contributed by atoms with van der Waals surface area (Å²) in [6.45, 7) is 0. The zero-order valence-corrected chi connectivity index (χ0v) is 10.5. The van der Waals surface area contributed by atoms with Gasteiger partial charge >= 0.3 is 5.97 Å². The van der Waals surface area contributed by atoms with Crippen LogP contribution in [0.3, 0.4) is 0 Å². The van der Waals surface area contributed by atoms with E-state index in [4.69, 9.17) is 5.73 Å². The first-order valence-electron chi connectivity index (χ1n) is 6.49. The van der Waals surface area contributed by atoms with Crippen molar-refractivity contribution >= 4 is 11.9 Å². The van der Waals surface area contributed by atoms with Crippen LogP contribution in [0.5, 0.6) is 0 Å². The Kier molecular flexibility index (Phi) is 2.78. The molecule has 3 N–H and O–H groups in total. The summed E-state index contributed by atoms with van der Waals surface area (Å²) in [7, 11) is 0. The maximum atomic E-state index is 12.3. The molecular formula is C14H16N2O3. The van der Waals surface area contributed by atoms with Crippen LogP contribution in [-0.2, 0) is 9.59 Å². The van der Waals surface area contributed by atoms with Gasteiger partial charge in [-0.3, -0.25) is 9.69 Å². The van der Waals surface area contributed by atoms with Gasteiger partial charge < -0.3 is 10.8 Å². The molecule has 3 rings (SSSR count). The molecule has 2 heterocycles. The standard InChI is InChI=1S/C14H16N2O3/c15-10-6-5-8-3-1-2-4-9-7-11(14(18)19)16(12(8)9)13(10)17/h1-4,9-11H,5-7,15H2,(H,18,19). The number of allylic oxidation sites excluding steroid dienone is 5. The number of aliphatic carboxylic acids is 1. The molecular weight excluding hydrogens is 244 g/mol. The summed E-state index contributed by atoms with van der Waals surface area (Å²) in [5, 5.41) is 9.34. The van der Waals surface area contributed by atoms with E-state index >= 15 is 0 Å². The van der Waals surface area contributed by atoms with Crippen LogP contribution < -0.4 is 5.73 Å². The molecule has 0 radical (unpaired) electrons. The van der Waals surface area contributed by atoms with Gasteiger partial charge in [-0.15, -0.1) is 0 Å². The Bertz CT molecular complexity index is 533. The van der Waals surface area contributed by atoms with E-state index in [0.29, 0.717) is 12.8 Å². The third-order valence-electron chi connectivity index (χ3n) is 4.04. The number of nitrogens with zero attached hydrogens (tertiary/aromatic N) is 1. The monoisotopic (exact) mass is 260 g/mol. The lowest BCUT2D eigenvalue weighted by Crippen LogP contribution is -2.46. The first-order valence-corrected chi connectivity index (χ1v) is 6.49. The lowest BCUT2D eigenvalue weighted by atomic mass is 9.98. The predicted octanol–water partition coefficient (Wildman–Crippen LogP) is 0.789. The summed E-state index contributed by atoms with van der Waals surface area (Å²) < 4.78 is 0. The first-order chi connectivity index (χ1) is 9.09.